The van der Waals surface area contributed by atoms with Gasteiger partial charge in [0.1, 0.15) is 11.4 Å². The zero-order valence-corrected chi connectivity index (χ0v) is 9.32. The third kappa shape index (κ3) is 2.07. The van der Waals surface area contributed by atoms with E-state index in [4.69, 9.17) is 4.74 Å². The van der Waals surface area contributed by atoms with Crippen LogP contribution in [-0.2, 0) is 0 Å². The molecule has 2 rings (SSSR count). The number of rotatable bonds is 2. The largest absolute Gasteiger partial charge is 0.496 e. The SMILES string of the molecule is COc1cc2nccn2cc1C(C)C(F)(F)F. The first-order valence-corrected chi connectivity index (χ1v) is 5.01. The fourth-order valence-corrected chi connectivity index (χ4v) is 1.64. The molecule has 0 bridgehead atoms. The first-order chi connectivity index (χ1) is 7.93. The number of imidazole rings is 1. The molecule has 1 unspecified atom stereocenters. The smallest absolute Gasteiger partial charge is 0.395 e. The average Bonchev–Trinajstić information content (AvgIpc) is 2.71. The molecule has 0 aliphatic carbocycles. The maximum Gasteiger partial charge on any atom is 0.395 e. The minimum absolute atomic E-state index is 0.102. The summed E-state index contributed by atoms with van der Waals surface area (Å²) < 4.78 is 44.6. The Morgan fingerprint density at radius 3 is 2.71 bits per heavy atom. The van der Waals surface area contributed by atoms with Crippen molar-refractivity contribution in [2.75, 3.05) is 7.11 Å². The molecule has 2 aromatic rings. The summed E-state index contributed by atoms with van der Waals surface area (Å²) in [6.07, 6.45) is 0.235. The normalized spacial score (nSPS) is 13.9. The van der Waals surface area contributed by atoms with Crippen molar-refractivity contribution in [3.05, 3.63) is 30.2 Å². The predicted molar refractivity (Wildman–Crippen MR) is 56.2 cm³/mol. The molecule has 3 nitrogen and oxygen atoms in total. The Morgan fingerprint density at radius 2 is 2.12 bits per heavy atom. The first-order valence-electron chi connectivity index (χ1n) is 5.01. The molecule has 0 saturated heterocycles. The number of aromatic nitrogens is 2. The highest BCUT2D eigenvalue weighted by Gasteiger charge is 2.38. The molecule has 0 amide bonds. The summed E-state index contributed by atoms with van der Waals surface area (Å²) in [5.41, 5.74) is 0.658. The van der Waals surface area contributed by atoms with Crippen LogP contribution >= 0.6 is 0 Å². The molecule has 0 aliphatic heterocycles. The van der Waals surface area contributed by atoms with Gasteiger partial charge in [-0.1, -0.05) is 0 Å². The Labute approximate surface area is 95.8 Å². The minimum atomic E-state index is -4.29. The summed E-state index contributed by atoms with van der Waals surface area (Å²) in [7, 11) is 1.35. The highest BCUT2D eigenvalue weighted by molar-refractivity contribution is 5.49. The molecular weight excluding hydrogens is 233 g/mol. The highest BCUT2D eigenvalue weighted by atomic mass is 19.4. The highest BCUT2D eigenvalue weighted by Crippen LogP contribution is 2.38. The molecule has 0 fully saturated rings. The Hall–Kier alpha value is -1.72. The molecular formula is C11H11F3N2O. The van der Waals surface area contributed by atoms with Crippen LogP contribution in [0, 0.1) is 0 Å². The van der Waals surface area contributed by atoms with Gasteiger partial charge in [-0.2, -0.15) is 13.2 Å². The van der Waals surface area contributed by atoms with Crippen LogP contribution in [0.5, 0.6) is 5.75 Å². The van der Waals surface area contributed by atoms with Gasteiger partial charge in [-0.15, -0.1) is 0 Å². The van der Waals surface area contributed by atoms with Crippen molar-refractivity contribution >= 4 is 5.65 Å². The van der Waals surface area contributed by atoms with Gasteiger partial charge < -0.3 is 9.14 Å². The maximum absolute atomic E-state index is 12.7. The summed E-state index contributed by atoms with van der Waals surface area (Å²) in [6.45, 7) is 1.11. The molecule has 0 aliphatic rings. The standard InChI is InChI=1S/C11H11F3N2O/c1-7(11(12,13)14)8-6-16-4-3-15-10(16)5-9(8)17-2/h3-7H,1-2H3. The molecule has 2 heterocycles. The lowest BCUT2D eigenvalue weighted by molar-refractivity contribution is -0.146. The van der Waals surface area contributed by atoms with Crippen LogP contribution in [0.2, 0.25) is 0 Å². The van der Waals surface area contributed by atoms with Gasteiger partial charge in [0.15, 0.2) is 0 Å². The average molecular weight is 244 g/mol. The molecule has 17 heavy (non-hydrogen) atoms. The van der Waals surface area contributed by atoms with Gasteiger partial charge in [0.05, 0.1) is 13.0 Å². The van der Waals surface area contributed by atoms with E-state index in [0.717, 1.165) is 6.92 Å². The Morgan fingerprint density at radius 1 is 1.41 bits per heavy atom. The van der Waals surface area contributed by atoms with Crippen LogP contribution in [0.3, 0.4) is 0 Å². The van der Waals surface area contributed by atoms with Crippen molar-refractivity contribution in [3.63, 3.8) is 0 Å². The third-order valence-electron chi connectivity index (χ3n) is 2.70. The van der Waals surface area contributed by atoms with Crippen LogP contribution < -0.4 is 4.74 Å². The van der Waals surface area contributed by atoms with Gasteiger partial charge in [0.25, 0.3) is 0 Å². The second kappa shape index (κ2) is 3.94. The van der Waals surface area contributed by atoms with E-state index in [0.29, 0.717) is 5.65 Å². The van der Waals surface area contributed by atoms with E-state index >= 15 is 0 Å². The van der Waals surface area contributed by atoms with Crippen molar-refractivity contribution in [1.82, 2.24) is 9.38 Å². The maximum atomic E-state index is 12.7. The number of ether oxygens (including phenoxy) is 1. The summed E-state index contributed by atoms with van der Waals surface area (Å²) in [6, 6.07) is 1.50. The number of alkyl halides is 3. The first kappa shape index (κ1) is 11.8. The fraction of sp³-hybridized carbons (Fsp3) is 0.364. The van der Waals surface area contributed by atoms with E-state index in [1.165, 1.54) is 25.6 Å². The molecule has 0 N–H and O–H groups in total. The van der Waals surface area contributed by atoms with E-state index in [1.807, 2.05) is 0 Å². The molecule has 1 atom stereocenters. The van der Waals surface area contributed by atoms with Crippen LogP contribution in [0.15, 0.2) is 24.7 Å². The van der Waals surface area contributed by atoms with E-state index in [9.17, 15) is 13.2 Å². The van der Waals surface area contributed by atoms with Crippen molar-refractivity contribution < 1.29 is 17.9 Å². The van der Waals surface area contributed by atoms with Crippen molar-refractivity contribution in [2.24, 2.45) is 0 Å². The number of pyridine rings is 1. The lowest BCUT2D eigenvalue weighted by Gasteiger charge is -2.18. The zero-order valence-electron chi connectivity index (χ0n) is 9.32. The predicted octanol–water partition coefficient (Wildman–Crippen LogP) is 3.01. The summed E-state index contributed by atoms with van der Waals surface area (Å²) in [4.78, 5) is 3.99. The van der Waals surface area contributed by atoms with Crippen molar-refractivity contribution in [3.8, 4) is 5.75 Å². The van der Waals surface area contributed by atoms with Gasteiger partial charge >= 0.3 is 6.18 Å². The molecule has 0 spiro atoms. The summed E-state index contributed by atoms with van der Waals surface area (Å²) in [5, 5.41) is 0. The Balaban J connectivity index is 2.58. The summed E-state index contributed by atoms with van der Waals surface area (Å²) >= 11 is 0. The van der Waals surface area contributed by atoms with E-state index < -0.39 is 12.1 Å². The van der Waals surface area contributed by atoms with Crippen LogP contribution in [0.4, 0.5) is 13.2 Å². The van der Waals surface area contributed by atoms with E-state index in [1.54, 1.807) is 10.6 Å². The summed E-state index contributed by atoms with van der Waals surface area (Å²) in [5.74, 6) is -1.38. The third-order valence-corrected chi connectivity index (χ3v) is 2.70. The van der Waals surface area contributed by atoms with Crippen LogP contribution in [-0.4, -0.2) is 22.7 Å². The number of nitrogens with zero attached hydrogens (tertiary/aromatic N) is 2. The number of methoxy groups -OCH3 is 1. The quantitative estimate of drug-likeness (QED) is 0.811. The minimum Gasteiger partial charge on any atom is -0.496 e. The molecule has 2 aromatic heterocycles. The Bertz CT molecular complexity index is 533. The fourth-order valence-electron chi connectivity index (χ4n) is 1.64. The second-order valence-corrected chi connectivity index (χ2v) is 3.75. The lowest BCUT2D eigenvalue weighted by Crippen LogP contribution is -2.18. The topological polar surface area (TPSA) is 26.5 Å². The van der Waals surface area contributed by atoms with Gasteiger partial charge in [0, 0.05) is 30.2 Å². The monoisotopic (exact) mass is 244 g/mol. The molecule has 0 aromatic carbocycles. The molecule has 92 valence electrons. The van der Waals surface area contributed by atoms with E-state index in [-0.39, 0.29) is 11.3 Å². The molecule has 0 saturated carbocycles. The molecule has 0 radical (unpaired) electrons. The second-order valence-electron chi connectivity index (χ2n) is 3.75. The Kier molecular flexibility index (Phi) is 2.73. The lowest BCUT2D eigenvalue weighted by atomic mass is 10.0. The van der Waals surface area contributed by atoms with Gasteiger partial charge in [0.2, 0.25) is 0 Å². The van der Waals surface area contributed by atoms with Gasteiger partial charge in [-0.05, 0) is 6.92 Å². The zero-order chi connectivity index (χ0) is 12.6. The van der Waals surface area contributed by atoms with Gasteiger partial charge in [-0.25, -0.2) is 4.98 Å². The van der Waals surface area contributed by atoms with Crippen molar-refractivity contribution in [2.45, 2.75) is 19.0 Å². The van der Waals surface area contributed by atoms with Crippen molar-refractivity contribution in [1.29, 1.82) is 0 Å². The number of hydrogen-bond acceptors (Lipinski definition) is 2. The number of hydrogen-bond donors (Lipinski definition) is 0. The number of fused-ring (bicyclic) bond motifs is 1. The van der Waals surface area contributed by atoms with E-state index in [2.05, 4.69) is 4.98 Å². The van der Waals surface area contributed by atoms with Crippen LogP contribution in [0.1, 0.15) is 18.4 Å². The number of halogens is 3. The molecule has 6 heteroatoms. The van der Waals surface area contributed by atoms with Crippen LogP contribution in [0.25, 0.3) is 5.65 Å². The van der Waals surface area contributed by atoms with Gasteiger partial charge in [-0.3, -0.25) is 0 Å².